The van der Waals surface area contributed by atoms with Crippen molar-refractivity contribution < 1.29 is 14.7 Å². The van der Waals surface area contributed by atoms with Crippen LogP contribution < -0.4 is 0 Å². The summed E-state index contributed by atoms with van der Waals surface area (Å²) in [4.78, 5) is 23.0. The number of amides is 1. The highest BCUT2D eigenvalue weighted by Crippen LogP contribution is 2.29. The molecular weight excluding hydrogens is 390 g/mol. The van der Waals surface area contributed by atoms with Crippen molar-refractivity contribution in [1.29, 1.82) is 0 Å². The van der Waals surface area contributed by atoms with E-state index in [1.165, 1.54) is 0 Å². The lowest BCUT2D eigenvalue weighted by Crippen LogP contribution is -2.21. The second-order valence-electron chi connectivity index (χ2n) is 4.31. The van der Waals surface area contributed by atoms with Crippen LogP contribution in [0.4, 0.5) is 4.79 Å². The number of benzene rings is 2. The van der Waals surface area contributed by atoms with Crippen LogP contribution in [-0.4, -0.2) is 21.8 Å². The van der Waals surface area contributed by atoms with Crippen LogP contribution >= 0.6 is 39.5 Å². The third kappa shape index (κ3) is 4.25. The molecule has 22 heavy (non-hydrogen) atoms. The highest BCUT2D eigenvalue weighted by Gasteiger charge is 2.16. The second kappa shape index (κ2) is 7.67. The van der Waals surface area contributed by atoms with E-state index in [0.29, 0.717) is 21.8 Å². The smallest absolute Gasteiger partial charge is 0.418 e. The number of carbonyl (C=O) groups excluding carboxylic acids is 1. The summed E-state index contributed by atoms with van der Waals surface area (Å²) < 4.78 is 1.90. The van der Waals surface area contributed by atoms with Crippen LogP contribution in [-0.2, 0) is 6.54 Å². The fourth-order valence-electron chi connectivity index (χ4n) is 1.72. The summed E-state index contributed by atoms with van der Waals surface area (Å²) in [6, 6.07) is 12.1. The first-order chi connectivity index (χ1) is 10.5. The maximum absolute atomic E-state index is 11.4. The number of nitrogens with zero attached hydrogens (tertiary/aromatic N) is 1. The van der Waals surface area contributed by atoms with Crippen LogP contribution in [0, 0.1) is 0 Å². The van der Waals surface area contributed by atoms with Gasteiger partial charge in [-0.3, -0.25) is 4.79 Å². The molecule has 0 radical (unpaired) electrons. The average Bonchev–Trinajstić information content (AvgIpc) is 2.50. The van der Waals surface area contributed by atoms with Crippen LogP contribution in [0.15, 0.2) is 51.8 Å². The van der Waals surface area contributed by atoms with E-state index in [1.807, 2.05) is 0 Å². The Bertz CT molecular complexity index is 711. The Hall–Kier alpha value is -1.50. The van der Waals surface area contributed by atoms with Gasteiger partial charge in [-0.15, -0.1) is 0 Å². The van der Waals surface area contributed by atoms with Crippen LogP contribution in [0.25, 0.3) is 0 Å². The van der Waals surface area contributed by atoms with Gasteiger partial charge in [0.1, 0.15) is 0 Å². The maximum atomic E-state index is 11.4. The van der Waals surface area contributed by atoms with Gasteiger partial charge < -0.3 is 5.11 Å². The molecule has 0 aliphatic rings. The molecule has 0 aliphatic heterocycles. The summed E-state index contributed by atoms with van der Waals surface area (Å²) in [6.45, 7) is 0.153. The molecule has 7 heteroatoms. The minimum absolute atomic E-state index is 0.153. The van der Waals surface area contributed by atoms with Crippen molar-refractivity contribution in [3.63, 3.8) is 0 Å². The summed E-state index contributed by atoms with van der Waals surface area (Å²) >= 11 is 10.3. The molecular formula is C15H11BrClNO3S. The highest BCUT2D eigenvalue weighted by atomic mass is 79.9. The Labute approximate surface area is 145 Å². The largest absolute Gasteiger partial charge is 0.464 e. The van der Waals surface area contributed by atoms with Crippen LogP contribution in [0.3, 0.4) is 0 Å². The van der Waals surface area contributed by atoms with Crippen molar-refractivity contribution in [1.82, 2.24) is 4.31 Å². The van der Waals surface area contributed by atoms with E-state index in [0.717, 1.165) is 26.3 Å². The van der Waals surface area contributed by atoms with Crippen molar-refractivity contribution in [2.24, 2.45) is 0 Å². The molecule has 0 saturated carbocycles. The number of rotatable bonds is 5. The molecule has 0 aliphatic carbocycles. The lowest BCUT2D eigenvalue weighted by Gasteiger charge is -2.18. The molecule has 2 aromatic rings. The molecule has 4 nitrogen and oxygen atoms in total. The molecule has 0 spiro atoms. The molecule has 1 N–H and O–H groups in total. The molecule has 0 heterocycles. The predicted octanol–water partition coefficient (Wildman–Crippen LogP) is 5.10. The zero-order valence-electron chi connectivity index (χ0n) is 11.2. The number of carboxylic acid groups (broad SMARTS) is 1. The Morgan fingerprint density at radius 1 is 1.32 bits per heavy atom. The molecule has 0 fully saturated rings. The molecule has 2 aromatic carbocycles. The lowest BCUT2D eigenvalue weighted by atomic mass is 10.2. The summed E-state index contributed by atoms with van der Waals surface area (Å²) in [6.07, 6.45) is -0.386. The first-order valence-electron chi connectivity index (χ1n) is 6.18. The number of hydrogen-bond donors (Lipinski definition) is 1. The van der Waals surface area contributed by atoms with Crippen LogP contribution in [0.5, 0.6) is 0 Å². The van der Waals surface area contributed by atoms with Gasteiger partial charge in [-0.1, -0.05) is 35.9 Å². The van der Waals surface area contributed by atoms with E-state index in [4.69, 9.17) is 11.6 Å². The van der Waals surface area contributed by atoms with Gasteiger partial charge in [-0.25, -0.2) is 9.10 Å². The van der Waals surface area contributed by atoms with Gasteiger partial charge in [0.25, 0.3) is 0 Å². The van der Waals surface area contributed by atoms with Crippen molar-refractivity contribution in [3.8, 4) is 0 Å². The average molecular weight is 401 g/mol. The predicted molar refractivity (Wildman–Crippen MR) is 90.4 cm³/mol. The summed E-state index contributed by atoms with van der Waals surface area (Å²) in [7, 11) is 0. The SMILES string of the molecule is O=Cc1ccccc1SN(Cc1ccc(Br)c(Cl)c1)C(=O)O. The summed E-state index contributed by atoms with van der Waals surface area (Å²) in [5.41, 5.74) is 1.21. The minimum atomic E-state index is -1.09. The van der Waals surface area contributed by atoms with Gasteiger partial charge in [0.05, 0.1) is 11.6 Å². The second-order valence-corrected chi connectivity index (χ2v) is 6.64. The van der Waals surface area contributed by atoms with Crippen molar-refractivity contribution in [3.05, 3.63) is 63.1 Å². The maximum Gasteiger partial charge on any atom is 0.418 e. The molecule has 0 saturated heterocycles. The monoisotopic (exact) mass is 399 g/mol. The van der Waals surface area contributed by atoms with Crippen LogP contribution in [0.1, 0.15) is 15.9 Å². The van der Waals surface area contributed by atoms with E-state index >= 15 is 0 Å². The molecule has 2 rings (SSSR count). The molecule has 0 atom stereocenters. The quantitative estimate of drug-likeness (QED) is 0.560. The summed E-state index contributed by atoms with van der Waals surface area (Å²) in [5, 5.41) is 9.87. The molecule has 114 valence electrons. The van der Waals surface area contributed by atoms with E-state index in [1.54, 1.807) is 42.5 Å². The number of hydrogen-bond acceptors (Lipinski definition) is 3. The summed E-state index contributed by atoms with van der Waals surface area (Å²) in [5.74, 6) is 0. The standard InChI is InChI=1S/C15H11BrClNO3S/c16-12-6-5-10(7-13(12)17)8-18(15(20)21)22-14-4-2-1-3-11(14)9-19/h1-7,9H,8H2,(H,20,21). The first-order valence-corrected chi connectivity index (χ1v) is 8.12. The topological polar surface area (TPSA) is 57.6 Å². The van der Waals surface area contributed by atoms with Gasteiger partial charge in [-0.05, 0) is 51.6 Å². The van der Waals surface area contributed by atoms with Gasteiger partial charge in [-0.2, -0.15) is 0 Å². The van der Waals surface area contributed by atoms with Crippen LogP contribution in [0.2, 0.25) is 5.02 Å². The molecule has 0 aromatic heterocycles. The Kier molecular flexibility index (Phi) is 5.88. The molecule has 1 amide bonds. The third-order valence-electron chi connectivity index (χ3n) is 2.78. The Balaban J connectivity index is 2.21. The molecule has 0 bridgehead atoms. The fraction of sp³-hybridized carbons (Fsp3) is 0.0667. The van der Waals surface area contributed by atoms with E-state index in [2.05, 4.69) is 15.9 Å². The van der Waals surface area contributed by atoms with Crippen molar-refractivity contribution >= 4 is 51.9 Å². The number of aldehydes is 1. The lowest BCUT2D eigenvalue weighted by molar-refractivity contribution is 0.112. The van der Waals surface area contributed by atoms with E-state index < -0.39 is 6.09 Å². The van der Waals surface area contributed by atoms with E-state index in [9.17, 15) is 14.7 Å². The van der Waals surface area contributed by atoms with Gasteiger partial charge in [0, 0.05) is 14.9 Å². The Morgan fingerprint density at radius 2 is 2.05 bits per heavy atom. The third-order valence-corrected chi connectivity index (χ3v) is 5.08. The van der Waals surface area contributed by atoms with Gasteiger partial charge >= 0.3 is 6.09 Å². The fourth-order valence-corrected chi connectivity index (χ4v) is 3.06. The zero-order chi connectivity index (χ0) is 16.1. The number of carbonyl (C=O) groups is 2. The van der Waals surface area contributed by atoms with Crippen molar-refractivity contribution in [2.45, 2.75) is 11.4 Å². The van der Waals surface area contributed by atoms with Gasteiger partial charge in [0.2, 0.25) is 0 Å². The zero-order valence-corrected chi connectivity index (χ0v) is 14.4. The van der Waals surface area contributed by atoms with Gasteiger partial charge in [0.15, 0.2) is 6.29 Å². The van der Waals surface area contributed by atoms with Crippen molar-refractivity contribution in [2.75, 3.05) is 0 Å². The number of halogens is 2. The minimum Gasteiger partial charge on any atom is -0.464 e. The Morgan fingerprint density at radius 3 is 2.68 bits per heavy atom. The first kappa shape index (κ1) is 16.9. The van der Waals surface area contributed by atoms with E-state index in [-0.39, 0.29) is 6.54 Å². The molecule has 0 unspecified atom stereocenters. The highest BCUT2D eigenvalue weighted by molar-refractivity contribution is 9.10. The normalized spacial score (nSPS) is 10.3.